The van der Waals surface area contributed by atoms with Crippen LogP contribution < -0.4 is 0 Å². The second kappa shape index (κ2) is 4.11. The largest absolute Gasteiger partial charge is 0.396 e. The van der Waals surface area contributed by atoms with E-state index in [1.807, 2.05) is 22.4 Å². The van der Waals surface area contributed by atoms with Crippen LogP contribution in [0, 0.1) is 5.92 Å². The Labute approximate surface area is 87.0 Å². The molecule has 2 rings (SSSR count). The van der Waals surface area contributed by atoms with Crippen LogP contribution in [0.5, 0.6) is 0 Å². The van der Waals surface area contributed by atoms with Crippen LogP contribution in [0.3, 0.4) is 0 Å². The fourth-order valence-electron chi connectivity index (χ4n) is 1.72. The van der Waals surface area contributed by atoms with E-state index in [1.54, 1.807) is 0 Å². The molecule has 0 spiro atoms. The molecule has 1 aliphatic rings. The molecule has 0 radical (unpaired) electrons. The number of aliphatic hydroxyl groups is 1. The van der Waals surface area contributed by atoms with Crippen LogP contribution in [0.1, 0.15) is 16.1 Å². The van der Waals surface area contributed by atoms with Gasteiger partial charge in [-0.3, -0.25) is 4.79 Å². The normalized spacial score (nSPS) is 21.5. The number of nitrogens with zero attached hydrogens (tertiary/aromatic N) is 1. The zero-order valence-electron chi connectivity index (χ0n) is 7.85. The van der Waals surface area contributed by atoms with Crippen molar-refractivity contribution in [3.05, 3.63) is 22.4 Å². The summed E-state index contributed by atoms with van der Waals surface area (Å²) in [5, 5.41) is 10.9. The van der Waals surface area contributed by atoms with Crippen LogP contribution in [-0.4, -0.2) is 35.6 Å². The maximum Gasteiger partial charge on any atom is 0.263 e. The van der Waals surface area contributed by atoms with Crippen molar-refractivity contribution in [2.75, 3.05) is 19.7 Å². The number of aliphatic hydroxyl groups excluding tert-OH is 1. The zero-order valence-corrected chi connectivity index (χ0v) is 8.67. The van der Waals surface area contributed by atoms with Crippen LogP contribution in [0.15, 0.2) is 17.5 Å². The Morgan fingerprint density at radius 3 is 3.14 bits per heavy atom. The van der Waals surface area contributed by atoms with E-state index in [0.717, 1.165) is 17.8 Å². The number of likely N-dealkylation sites (tertiary alicyclic amines) is 1. The van der Waals surface area contributed by atoms with Gasteiger partial charge in [-0.05, 0) is 17.9 Å². The van der Waals surface area contributed by atoms with Gasteiger partial charge in [-0.1, -0.05) is 6.07 Å². The molecule has 0 saturated carbocycles. The summed E-state index contributed by atoms with van der Waals surface area (Å²) in [5.41, 5.74) is 0. The number of hydrogen-bond donors (Lipinski definition) is 1. The molecule has 0 aliphatic carbocycles. The summed E-state index contributed by atoms with van der Waals surface area (Å²) in [6, 6.07) is 3.73. The number of thiophene rings is 1. The van der Waals surface area contributed by atoms with Crippen LogP contribution in [0.2, 0.25) is 0 Å². The van der Waals surface area contributed by atoms with Gasteiger partial charge in [0.15, 0.2) is 0 Å². The van der Waals surface area contributed by atoms with Crippen LogP contribution in [-0.2, 0) is 0 Å². The second-order valence-corrected chi connectivity index (χ2v) is 4.51. The monoisotopic (exact) mass is 211 g/mol. The van der Waals surface area contributed by atoms with E-state index in [0.29, 0.717) is 6.54 Å². The number of carbonyl (C=O) groups is 1. The molecule has 14 heavy (non-hydrogen) atoms. The predicted octanol–water partition coefficient (Wildman–Crippen LogP) is 1.20. The SMILES string of the molecule is O=C(c1cccs1)N1CC[C@H](CO)C1. The van der Waals surface area contributed by atoms with Crippen molar-refractivity contribution >= 4 is 17.2 Å². The average Bonchev–Trinajstić information content (AvgIpc) is 2.88. The van der Waals surface area contributed by atoms with E-state index in [2.05, 4.69) is 0 Å². The third-order valence-electron chi connectivity index (χ3n) is 2.56. The van der Waals surface area contributed by atoms with E-state index >= 15 is 0 Å². The lowest BCUT2D eigenvalue weighted by Gasteiger charge is -2.14. The number of hydrogen-bond acceptors (Lipinski definition) is 3. The number of carbonyl (C=O) groups excluding carboxylic acids is 1. The quantitative estimate of drug-likeness (QED) is 0.798. The smallest absolute Gasteiger partial charge is 0.263 e. The zero-order chi connectivity index (χ0) is 9.97. The van der Waals surface area contributed by atoms with Gasteiger partial charge < -0.3 is 10.0 Å². The lowest BCUT2D eigenvalue weighted by Crippen LogP contribution is -2.28. The molecule has 1 aromatic rings. The molecular weight excluding hydrogens is 198 g/mol. The maximum absolute atomic E-state index is 11.8. The number of amides is 1. The van der Waals surface area contributed by atoms with Gasteiger partial charge in [-0.15, -0.1) is 11.3 Å². The molecule has 76 valence electrons. The maximum atomic E-state index is 11.8. The Morgan fingerprint density at radius 2 is 2.57 bits per heavy atom. The average molecular weight is 211 g/mol. The highest BCUT2D eigenvalue weighted by Gasteiger charge is 2.26. The molecule has 1 saturated heterocycles. The molecule has 1 aromatic heterocycles. The van der Waals surface area contributed by atoms with Gasteiger partial charge in [-0.2, -0.15) is 0 Å². The Balaban J connectivity index is 2.00. The van der Waals surface area contributed by atoms with Gasteiger partial charge in [0.05, 0.1) is 4.88 Å². The van der Waals surface area contributed by atoms with Crippen molar-refractivity contribution in [3.8, 4) is 0 Å². The molecule has 3 nitrogen and oxygen atoms in total. The molecule has 2 heterocycles. The molecule has 1 aliphatic heterocycles. The minimum absolute atomic E-state index is 0.107. The lowest BCUT2D eigenvalue weighted by molar-refractivity contribution is 0.0786. The Morgan fingerprint density at radius 1 is 1.71 bits per heavy atom. The third-order valence-corrected chi connectivity index (χ3v) is 3.42. The van der Waals surface area contributed by atoms with Crippen molar-refractivity contribution in [1.82, 2.24) is 4.90 Å². The summed E-state index contributed by atoms with van der Waals surface area (Å²) >= 11 is 1.47. The minimum Gasteiger partial charge on any atom is -0.396 e. The highest BCUT2D eigenvalue weighted by Crippen LogP contribution is 2.20. The summed E-state index contributed by atoms with van der Waals surface area (Å²) in [6.07, 6.45) is 0.924. The summed E-state index contributed by atoms with van der Waals surface area (Å²) in [5.74, 6) is 0.384. The van der Waals surface area contributed by atoms with Crippen LogP contribution in [0.4, 0.5) is 0 Å². The van der Waals surface area contributed by atoms with Gasteiger partial charge in [0.2, 0.25) is 0 Å². The van der Waals surface area contributed by atoms with Crippen molar-refractivity contribution in [3.63, 3.8) is 0 Å². The highest BCUT2D eigenvalue weighted by atomic mass is 32.1. The summed E-state index contributed by atoms with van der Waals surface area (Å²) < 4.78 is 0. The first-order valence-electron chi connectivity index (χ1n) is 4.75. The van der Waals surface area contributed by atoms with E-state index < -0.39 is 0 Å². The first-order valence-corrected chi connectivity index (χ1v) is 5.63. The molecule has 0 aromatic carbocycles. The summed E-state index contributed by atoms with van der Waals surface area (Å²) in [4.78, 5) is 14.4. The summed E-state index contributed by atoms with van der Waals surface area (Å²) in [6.45, 7) is 1.67. The molecule has 1 atom stereocenters. The van der Waals surface area contributed by atoms with Crippen molar-refractivity contribution < 1.29 is 9.90 Å². The first-order chi connectivity index (χ1) is 6.81. The molecule has 4 heteroatoms. The lowest BCUT2D eigenvalue weighted by atomic mass is 10.1. The fraction of sp³-hybridized carbons (Fsp3) is 0.500. The highest BCUT2D eigenvalue weighted by molar-refractivity contribution is 7.12. The van der Waals surface area contributed by atoms with Gasteiger partial charge in [0.1, 0.15) is 0 Å². The van der Waals surface area contributed by atoms with Crippen molar-refractivity contribution in [2.24, 2.45) is 5.92 Å². The molecule has 0 bridgehead atoms. The molecule has 1 amide bonds. The standard InChI is InChI=1S/C10H13NO2S/c12-7-8-3-4-11(6-8)10(13)9-2-1-5-14-9/h1-2,5,8,12H,3-4,6-7H2/t8-/m0/s1. The predicted molar refractivity (Wildman–Crippen MR) is 55.4 cm³/mol. The van der Waals surface area contributed by atoms with Gasteiger partial charge in [-0.25, -0.2) is 0 Å². The topological polar surface area (TPSA) is 40.5 Å². The molecule has 1 N–H and O–H groups in total. The van der Waals surface area contributed by atoms with E-state index in [9.17, 15) is 4.79 Å². The molecule has 0 unspecified atom stereocenters. The van der Waals surface area contributed by atoms with Gasteiger partial charge >= 0.3 is 0 Å². The Kier molecular flexibility index (Phi) is 2.84. The number of rotatable bonds is 2. The van der Waals surface area contributed by atoms with Crippen LogP contribution in [0.25, 0.3) is 0 Å². The van der Waals surface area contributed by atoms with E-state index in [4.69, 9.17) is 5.11 Å². The van der Waals surface area contributed by atoms with Gasteiger partial charge in [0, 0.05) is 25.6 Å². The second-order valence-electron chi connectivity index (χ2n) is 3.57. The van der Waals surface area contributed by atoms with E-state index in [1.165, 1.54) is 11.3 Å². The fourth-order valence-corrected chi connectivity index (χ4v) is 2.41. The summed E-state index contributed by atoms with van der Waals surface area (Å²) in [7, 11) is 0. The molecule has 1 fully saturated rings. The molecular formula is C10H13NO2S. The van der Waals surface area contributed by atoms with Crippen molar-refractivity contribution in [1.29, 1.82) is 0 Å². The minimum atomic E-state index is 0.107. The Hall–Kier alpha value is -0.870. The van der Waals surface area contributed by atoms with Gasteiger partial charge in [0.25, 0.3) is 5.91 Å². The Bertz CT molecular complexity index is 310. The van der Waals surface area contributed by atoms with Crippen LogP contribution >= 0.6 is 11.3 Å². The first kappa shape index (κ1) is 9.68. The third kappa shape index (κ3) is 1.81. The van der Waals surface area contributed by atoms with E-state index in [-0.39, 0.29) is 18.4 Å². The van der Waals surface area contributed by atoms with Crippen molar-refractivity contribution in [2.45, 2.75) is 6.42 Å².